The molecular formula is C22H23NO4S. The molecule has 0 N–H and O–H groups in total. The van der Waals surface area contributed by atoms with Gasteiger partial charge < -0.3 is 9.47 Å². The highest BCUT2D eigenvalue weighted by Gasteiger charge is 2.29. The van der Waals surface area contributed by atoms with E-state index in [-0.39, 0.29) is 17.2 Å². The Labute approximate surface area is 166 Å². The molecule has 0 aliphatic rings. The molecule has 5 nitrogen and oxygen atoms in total. The molecule has 6 heteroatoms. The maximum Gasteiger partial charge on any atom is 0.268 e. The van der Waals surface area contributed by atoms with Gasteiger partial charge in [-0.15, -0.1) is 0 Å². The van der Waals surface area contributed by atoms with Crippen LogP contribution in [0.15, 0.2) is 77.7 Å². The number of methoxy groups -OCH3 is 2. The van der Waals surface area contributed by atoms with Crippen LogP contribution in [0, 0.1) is 6.92 Å². The third-order valence-electron chi connectivity index (χ3n) is 4.43. The van der Waals surface area contributed by atoms with E-state index in [2.05, 4.69) is 0 Å². The largest absolute Gasteiger partial charge is 0.497 e. The first-order chi connectivity index (χ1) is 13.5. The van der Waals surface area contributed by atoms with E-state index in [0.717, 1.165) is 11.1 Å². The van der Waals surface area contributed by atoms with Crippen molar-refractivity contribution in [1.82, 2.24) is 0 Å². The van der Waals surface area contributed by atoms with Crippen LogP contribution >= 0.6 is 0 Å². The lowest BCUT2D eigenvalue weighted by Crippen LogP contribution is -2.31. The molecule has 3 rings (SSSR count). The van der Waals surface area contributed by atoms with Crippen LogP contribution < -0.4 is 13.8 Å². The zero-order valence-electron chi connectivity index (χ0n) is 16.1. The molecule has 28 heavy (non-hydrogen) atoms. The second kappa shape index (κ2) is 8.35. The number of nitrogens with zero attached hydrogens (tertiary/aromatic N) is 1. The Morgan fingerprint density at radius 1 is 0.857 bits per heavy atom. The summed E-state index contributed by atoms with van der Waals surface area (Å²) in [6.07, 6.45) is 0. The molecule has 0 aliphatic carbocycles. The molecule has 0 saturated heterocycles. The highest BCUT2D eigenvalue weighted by Crippen LogP contribution is 2.34. The second-order valence-corrected chi connectivity index (χ2v) is 8.18. The highest BCUT2D eigenvalue weighted by molar-refractivity contribution is 7.93. The number of anilines is 1. The molecular weight excluding hydrogens is 374 g/mol. The van der Waals surface area contributed by atoms with Crippen molar-refractivity contribution >= 4 is 15.7 Å². The van der Waals surface area contributed by atoms with Crippen molar-refractivity contribution in [2.24, 2.45) is 0 Å². The topological polar surface area (TPSA) is 55.8 Å². The lowest BCUT2D eigenvalue weighted by Gasteiger charge is -2.26. The molecule has 0 fully saturated rings. The minimum absolute atomic E-state index is 0.0610. The molecule has 0 saturated carbocycles. The number of benzene rings is 3. The number of sulfonamides is 1. The number of rotatable bonds is 7. The summed E-state index contributed by atoms with van der Waals surface area (Å²) in [7, 11) is -0.960. The zero-order valence-corrected chi connectivity index (χ0v) is 16.9. The van der Waals surface area contributed by atoms with Gasteiger partial charge in [0.05, 0.1) is 26.5 Å². The van der Waals surface area contributed by atoms with E-state index in [0.29, 0.717) is 11.4 Å². The standard InChI is InChI=1S/C22H23NO4S/c1-17-9-11-19(12-10-17)23(16-18-7-5-4-6-8-18)28(24,25)22-15-20(26-2)13-14-21(22)27-3/h4-15H,16H2,1-3H3. The van der Waals surface area contributed by atoms with Crippen LogP contribution in [0.1, 0.15) is 11.1 Å². The minimum atomic E-state index is -3.91. The van der Waals surface area contributed by atoms with Crippen molar-refractivity contribution in [3.63, 3.8) is 0 Å². The van der Waals surface area contributed by atoms with Gasteiger partial charge in [0, 0.05) is 6.07 Å². The van der Waals surface area contributed by atoms with Crippen molar-refractivity contribution in [2.45, 2.75) is 18.4 Å². The van der Waals surface area contributed by atoms with Crippen LogP contribution in [-0.2, 0) is 16.6 Å². The smallest absolute Gasteiger partial charge is 0.268 e. The predicted molar refractivity (Wildman–Crippen MR) is 111 cm³/mol. The summed E-state index contributed by atoms with van der Waals surface area (Å²) in [6, 6.07) is 21.6. The van der Waals surface area contributed by atoms with Crippen molar-refractivity contribution < 1.29 is 17.9 Å². The first-order valence-electron chi connectivity index (χ1n) is 8.81. The average molecular weight is 397 g/mol. The van der Waals surface area contributed by atoms with E-state index in [1.165, 1.54) is 24.6 Å². The van der Waals surface area contributed by atoms with E-state index in [4.69, 9.17) is 9.47 Å². The van der Waals surface area contributed by atoms with Gasteiger partial charge in [-0.1, -0.05) is 48.0 Å². The second-order valence-electron chi connectivity index (χ2n) is 6.35. The summed E-state index contributed by atoms with van der Waals surface area (Å²) in [6.45, 7) is 2.16. The van der Waals surface area contributed by atoms with Gasteiger partial charge in [-0.25, -0.2) is 8.42 Å². The quantitative estimate of drug-likeness (QED) is 0.593. The summed E-state index contributed by atoms with van der Waals surface area (Å²) in [5, 5.41) is 0. The van der Waals surface area contributed by atoms with Gasteiger partial charge >= 0.3 is 0 Å². The van der Waals surface area contributed by atoms with Crippen LogP contribution in [0.2, 0.25) is 0 Å². The van der Waals surface area contributed by atoms with Crippen LogP contribution in [0.25, 0.3) is 0 Å². The molecule has 0 aromatic heterocycles. The monoisotopic (exact) mass is 397 g/mol. The molecule has 0 atom stereocenters. The van der Waals surface area contributed by atoms with Crippen LogP contribution in [0.5, 0.6) is 11.5 Å². The number of ether oxygens (including phenoxy) is 2. The number of hydrogen-bond acceptors (Lipinski definition) is 4. The zero-order chi connectivity index (χ0) is 20.1. The average Bonchev–Trinajstić information content (AvgIpc) is 2.73. The fraction of sp³-hybridized carbons (Fsp3) is 0.182. The highest BCUT2D eigenvalue weighted by atomic mass is 32.2. The summed E-state index contributed by atoms with van der Waals surface area (Å²) >= 11 is 0. The maximum atomic E-state index is 13.7. The van der Waals surface area contributed by atoms with Crippen LogP contribution in [0.4, 0.5) is 5.69 Å². The molecule has 0 unspecified atom stereocenters. The van der Waals surface area contributed by atoms with Gasteiger partial charge in [0.25, 0.3) is 10.0 Å². The molecule has 0 spiro atoms. The Hall–Kier alpha value is -2.99. The molecule has 0 bridgehead atoms. The van der Waals surface area contributed by atoms with Crippen molar-refractivity contribution in [2.75, 3.05) is 18.5 Å². The van der Waals surface area contributed by atoms with E-state index < -0.39 is 10.0 Å². The van der Waals surface area contributed by atoms with Gasteiger partial charge in [-0.05, 0) is 36.8 Å². The van der Waals surface area contributed by atoms with Crippen LogP contribution in [0.3, 0.4) is 0 Å². The van der Waals surface area contributed by atoms with Crippen molar-refractivity contribution in [3.05, 3.63) is 83.9 Å². The lowest BCUT2D eigenvalue weighted by atomic mass is 10.2. The van der Waals surface area contributed by atoms with E-state index >= 15 is 0 Å². The molecule has 0 aliphatic heterocycles. The normalized spacial score (nSPS) is 11.1. The fourth-order valence-corrected chi connectivity index (χ4v) is 4.51. The first-order valence-corrected chi connectivity index (χ1v) is 10.2. The number of aryl methyl sites for hydroxylation is 1. The number of hydrogen-bond donors (Lipinski definition) is 0. The van der Waals surface area contributed by atoms with Gasteiger partial charge in [0.1, 0.15) is 16.4 Å². The Morgan fingerprint density at radius 3 is 2.14 bits per heavy atom. The Morgan fingerprint density at radius 2 is 1.54 bits per heavy atom. The third-order valence-corrected chi connectivity index (χ3v) is 6.22. The van der Waals surface area contributed by atoms with Crippen molar-refractivity contribution in [3.8, 4) is 11.5 Å². The van der Waals surface area contributed by atoms with Gasteiger partial charge in [-0.2, -0.15) is 0 Å². The van der Waals surface area contributed by atoms with E-state index in [1.807, 2.05) is 61.5 Å². The Bertz CT molecular complexity index is 1030. The summed E-state index contributed by atoms with van der Waals surface area (Å²) in [5.74, 6) is 0.717. The maximum absolute atomic E-state index is 13.7. The van der Waals surface area contributed by atoms with Gasteiger partial charge in [0.15, 0.2) is 0 Å². The fourth-order valence-electron chi connectivity index (χ4n) is 2.88. The summed E-state index contributed by atoms with van der Waals surface area (Å²) in [4.78, 5) is 0.0610. The first kappa shape index (κ1) is 19.8. The predicted octanol–water partition coefficient (Wildman–Crippen LogP) is 4.41. The van der Waals surface area contributed by atoms with E-state index in [9.17, 15) is 8.42 Å². The Kier molecular flexibility index (Phi) is 5.90. The lowest BCUT2D eigenvalue weighted by molar-refractivity contribution is 0.392. The SMILES string of the molecule is COc1ccc(OC)c(S(=O)(=O)N(Cc2ccccc2)c2ccc(C)cc2)c1. The van der Waals surface area contributed by atoms with Crippen molar-refractivity contribution in [1.29, 1.82) is 0 Å². The summed E-state index contributed by atoms with van der Waals surface area (Å²) in [5.41, 5.74) is 2.52. The van der Waals surface area contributed by atoms with Gasteiger partial charge in [0.2, 0.25) is 0 Å². The Balaban J connectivity index is 2.14. The molecule has 0 heterocycles. The molecule has 3 aromatic carbocycles. The molecule has 3 aromatic rings. The van der Waals surface area contributed by atoms with Gasteiger partial charge in [-0.3, -0.25) is 4.31 Å². The minimum Gasteiger partial charge on any atom is -0.497 e. The molecule has 0 amide bonds. The molecule has 0 radical (unpaired) electrons. The molecule has 146 valence electrons. The summed E-state index contributed by atoms with van der Waals surface area (Å²) < 4.78 is 39.3. The van der Waals surface area contributed by atoms with Crippen LogP contribution in [-0.4, -0.2) is 22.6 Å². The van der Waals surface area contributed by atoms with E-state index in [1.54, 1.807) is 12.1 Å². The third kappa shape index (κ3) is 4.12.